The smallest absolute Gasteiger partial charge is 0.169 e. The second-order valence-electron chi connectivity index (χ2n) is 4.36. The van der Waals surface area contributed by atoms with Crippen molar-refractivity contribution in [3.63, 3.8) is 0 Å². The molecule has 3 nitrogen and oxygen atoms in total. The molecule has 2 N–H and O–H groups in total. The van der Waals surface area contributed by atoms with Crippen LogP contribution in [0.25, 0.3) is 0 Å². The van der Waals surface area contributed by atoms with Crippen LogP contribution in [0.2, 0.25) is 0 Å². The molecule has 1 aromatic heterocycles. The van der Waals surface area contributed by atoms with Gasteiger partial charge in [0.1, 0.15) is 5.76 Å². The third-order valence-corrected chi connectivity index (χ3v) is 4.96. The number of nitrogens with zero attached hydrogens (tertiary/aromatic N) is 1. The predicted molar refractivity (Wildman–Crippen MR) is 76.3 cm³/mol. The Labute approximate surface area is 115 Å². The van der Waals surface area contributed by atoms with Gasteiger partial charge in [0.2, 0.25) is 0 Å². The lowest BCUT2D eigenvalue weighted by Crippen LogP contribution is -2.40. The van der Waals surface area contributed by atoms with Crippen LogP contribution >= 0.6 is 27.7 Å². The first kappa shape index (κ1) is 13.5. The molecular formula is C12H19BrN2OS. The Kier molecular flexibility index (Phi) is 4.97. The number of hydrogen-bond donors (Lipinski definition) is 1. The van der Waals surface area contributed by atoms with Gasteiger partial charge in [-0.05, 0) is 60.2 Å². The first-order valence-electron chi connectivity index (χ1n) is 5.96. The molecule has 0 aromatic carbocycles. The van der Waals surface area contributed by atoms with Crippen LogP contribution in [-0.2, 0) is 0 Å². The van der Waals surface area contributed by atoms with E-state index in [0.29, 0.717) is 6.54 Å². The van der Waals surface area contributed by atoms with Crippen molar-refractivity contribution in [2.45, 2.75) is 24.1 Å². The Morgan fingerprint density at radius 2 is 2.24 bits per heavy atom. The average Bonchev–Trinajstić information content (AvgIpc) is 2.78. The van der Waals surface area contributed by atoms with Crippen LogP contribution in [0.5, 0.6) is 0 Å². The van der Waals surface area contributed by atoms with Gasteiger partial charge in [-0.25, -0.2) is 0 Å². The van der Waals surface area contributed by atoms with Gasteiger partial charge in [0.25, 0.3) is 0 Å². The Balaban J connectivity index is 2.00. The molecule has 1 aliphatic rings. The third-order valence-electron chi connectivity index (χ3n) is 3.40. The summed E-state index contributed by atoms with van der Waals surface area (Å²) in [5, 5.41) is 0.813. The van der Waals surface area contributed by atoms with Gasteiger partial charge in [0, 0.05) is 11.8 Å². The fraction of sp³-hybridized carbons (Fsp3) is 0.667. The minimum atomic E-state index is 0.226. The summed E-state index contributed by atoms with van der Waals surface area (Å²) in [6, 6.07) is 4.18. The van der Waals surface area contributed by atoms with Crippen LogP contribution in [0.15, 0.2) is 21.2 Å². The van der Waals surface area contributed by atoms with E-state index < -0.39 is 0 Å². The van der Waals surface area contributed by atoms with Crippen LogP contribution < -0.4 is 5.73 Å². The lowest BCUT2D eigenvalue weighted by molar-refractivity contribution is 0.151. The Bertz CT molecular complexity index is 350. The first-order valence-corrected chi connectivity index (χ1v) is 8.05. The van der Waals surface area contributed by atoms with Crippen LogP contribution in [0.3, 0.4) is 0 Å². The molecule has 0 spiro atoms. The van der Waals surface area contributed by atoms with Gasteiger partial charge >= 0.3 is 0 Å². The van der Waals surface area contributed by atoms with Gasteiger partial charge in [-0.3, -0.25) is 4.90 Å². The van der Waals surface area contributed by atoms with Gasteiger partial charge in [-0.2, -0.15) is 11.8 Å². The molecule has 0 amide bonds. The fourth-order valence-electron chi connectivity index (χ4n) is 2.38. The van der Waals surface area contributed by atoms with Crippen molar-refractivity contribution >= 4 is 27.7 Å². The molecule has 5 heteroatoms. The third kappa shape index (κ3) is 3.28. The van der Waals surface area contributed by atoms with E-state index in [1.807, 2.05) is 23.9 Å². The lowest BCUT2D eigenvalue weighted by Gasteiger charge is -2.35. The Morgan fingerprint density at radius 1 is 1.53 bits per heavy atom. The maximum atomic E-state index is 5.89. The topological polar surface area (TPSA) is 42.4 Å². The maximum Gasteiger partial charge on any atom is 0.169 e. The number of piperidine rings is 1. The molecule has 1 aromatic rings. The van der Waals surface area contributed by atoms with Gasteiger partial charge in [-0.1, -0.05) is 0 Å². The minimum absolute atomic E-state index is 0.226. The normalized spacial score (nSPS) is 20.6. The SMILES string of the molecule is CSC1CCN(C(CN)c2ccc(Br)o2)CC1. The number of hydrogen-bond acceptors (Lipinski definition) is 4. The van der Waals surface area contributed by atoms with E-state index in [4.69, 9.17) is 10.2 Å². The van der Waals surface area contributed by atoms with Crippen molar-refractivity contribution in [2.75, 3.05) is 25.9 Å². The molecule has 17 heavy (non-hydrogen) atoms. The van der Waals surface area contributed by atoms with Crippen LogP contribution in [0.4, 0.5) is 0 Å². The van der Waals surface area contributed by atoms with Crippen LogP contribution in [0.1, 0.15) is 24.6 Å². The zero-order chi connectivity index (χ0) is 12.3. The van der Waals surface area contributed by atoms with E-state index in [9.17, 15) is 0 Å². The molecule has 1 aliphatic heterocycles. The van der Waals surface area contributed by atoms with Crippen molar-refractivity contribution in [1.82, 2.24) is 4.90 Å². The molecule has 0 aliphatic carbocycles. The van der Waals surface area contributed by atoms with Gasteiger partial charge < -0.3 is 10.2 Å². The van der Waals surface area contributed by atoms with Crippen LogP contribution in [0, 0.1) is 0 Å². The number of nitrogens with two attached hydrogens (primary N) is 1. The summed E-state index contributed by atoms with van der Waals surface area (Å²) in [6.07, 6.45) is 4.70. The van der Waals surface area contributed by atoms with E-state index in [1.165, 1.54) is 12.8 Å². The molecule has 1 unspecified atom stereocenters. The largest absolute Gasteiger partial charge is 0.453 e. The highest BCUT2D eigenvalue weighted by Gasteiger charge is 2.26. The molecule has 1 atom stereocenters. The zero-order valence-corrected chi connectivity index (χ0v) is 12.5. The second kappa shape index (κ2) is 6.27. The standard InChI is InChI=1S/C12H19BrN2OS/c1-17-9-4-6-15(7-5-9)10(8-14)11-2-3-12(13)16-11/h2-3,9-10H,4-8,14H2,1H3. The van der Waals surface area contributed by atoms with Crippen LogP contribution in [-0.4, -0.2) is 36.0 Å². The van der Waals surface area contributed by atoms with Crippen molar-refractivity contribution < 1.29 is 4.42 Å². The maximum absolute atomic E-state index is 5.89. The number of halogens is 1. The summed E-state index contributed by atoms with van der Waals surface area (Å²) in [4.78, 5) is 2.44. The van der Waals surface area contributed by atoms with Crippen molar-refractivity contribution in [2.24, 2.45) is 5.73 Å². The molecule has 0 bridgehead atoms. The van der Waals surface area contributed by atoms with E-state index in [2.05, 4.69) is 27.1 Å². The quantitative estimate of drug-likeness (QED) is 0.927. The van der Waals surface area contributed by atoms with Crippen molar-refractivity contribution in [3.05, 3.63) is 22.6 Å². The monoisotopic (exact) mass is 318 g/mol. The fourth-order valence-corrected chi connectivity index (χ4v) is 3.38. The minimum Gasteiger partial charge on any atom is -0.453 e. The molecule has 2 heterocycles. The summed E-state index contributed by atoms with van der Waals surface area (Å²) in [7, 11) is 0. The highest BCUT2D eigenvalue weighted by molar-refractivity contribution is 9.10. The predicted octanol–water partition coefficient (Wildman–Crippen LogP) is 2.87. The second-order valence-corrected chi connectivity index (χ2v) is 6.28. The van der Waals surface area contributed by atoms with E-state index in [1.54, 1.807) is 0 Å². The Hall–Kier alpha value is 0.0300. The number of likely N-dealkylation sites (tertiary alicyclic amines) is 1. The van der Waals surface area contributed by atoms with E-state index in [-0.39, 0.29) is 6.04 Å². The number of furan rings is 1. The summed E-state index contributed by atoms with van der Waals surface area (Å²) < 4.78 is 6.42. The van der Waals surface area contributed by atoms with Crippen molar-refractivity contribution in [1.29, 1.82) is 0 Å². The van der Waals surface area contributed by atoms with Gasteiger partial charge in [-0.15, -0.1) is 0 Å². The molecule has 0 radical (unpaired) electrons. The average molecular weight is 319 g/mol. The first-order chi connectivity index (χ1) is 8.24. The van der Waals surface area contributed by atoms with Gasteiger partial charge in [0.05, 0.1) is 6.04 Å². The Morgan fingerprint density at radius 3 is 2.71 bits per heavy atom. The molecular weight excluding hydrogens is 300 g/mol. The highest BCUT2D eigenvalue weighted by Crippen LogP contribution is 2.29. The highest BCUT2D eigenvalue weighted by atomic mass is 79.9. The number of rotatable bonds is 4. The van der Waals surface area contributed by atoms with E-state index >= 15 is 0 Å². The summed E-state index contributed by atoms with van der Waals surface area (Å²) in [6.45, 7) is 2.85. The molecule has 1 saturated heterocycles. The summed E-state index contributed by atoms with van der Waals surface area (Å²) in [5.41, 5.74) is 5.89. The number of thioether (sulfide) groups is 1. The molecule has 96 valence electrons. The summed E-state index contributed by atoms with van der Waals surface area (Å²) in [5.74, 6) is 0.974. The van der Waals surface area contributed by atoms with Gasteiger partial charge in [0.15, 0.2) is 4.67 Å². The zero-order valence-electron chi connectivity index (χ0n) is 10.1. The van der Waals surface area contributed by atoms with Crippen molar-refractivity contribution in [3.8, 4) is 0 Å². The molecule has 1 fully saturated rings. The summed E-state index contributed by atoms with van der Waals surface area (Å²) >= 11 is 5.32. The molecule has 2 rings (SSSR count). The van der Waals surface area contributed by atoms with E-state index in [0.717, 1.165) is 28.8 Å². The lowest BCUT2D eigenvalue weighted by atomic mass is 10.1. The molecule has 0 saturated carbocycles.